The molecule has 1 aliphatic rings. The van der Waals surface area contributed by atoms with Gasteiger partial charge in [0.15, 0.2) is 0 Å². The van der Waals surface area contributed by atoms with E-state index in [1.54, 1.807) is 31.4 Å². The van der Waals surface area contributed by atoms with Crippen LogP contribution < -0.4 is 10.1 Å². The molecule has 146 valence electrons. The topological polar surface area (TPSA) is 75.7 Å². The molecule has 0 bridgehead atoms. The summed E-state index contributed by atoms with van der Waals surface area (Å²) in [6, 6.07) is 14.5. The monoisotopic (exact) mass is 398 g/mol. The number of carbonyl (C=O) groups is 3. The van der Waals surface area contributed by atoms with E-state index < -0.39 is 0 Å². The highest BCUT2D eigenvalue weighted by atomic mass is 32.2. The standard InChI is InChI=1S/C21H22N2O4S/c1-27-18-9-5-2-6-15(18)10-11-22-19(24)14-28-13-12-23-20(25)16-7-3-4-8-17(16)21(23)26/h2-9H,10-14H2,1H3,(H,22,24). The molecule has 0 atom stereocenters. The number of fused-ring (bicyclic) bond motifs is 1. The zero-order chi connectivity index (χ0) is 19.9. The summed E-state index contributed by atoms with van der Waals surface area (Å²) >= 11 is 1.40. The lowest BCUT2D eigenvalue weighted by molar-refractivity contribution is -0.118. The van der Waals surface area contributed by atoms with Crippen molar-refractivity contribution in [1.82, 2.24) is 10.2 Å². The molecule has 2 aromatic rings. The van der Waals surface area contributed by atoms with Crippen LogP contribution in [0, 0.1) is 0 Å². The van der Waals surface area contributed by atoms with Gasteiger partial charge < -0.3 is 10.1 Å². The molecule has 1 N–H and O–H groups in total. The molecule has 7 heteroatoms. The molecule has 0 saturated carbocycles. The van der Waals surface area contributed by atoms with Crippen molar-refractivity contribution in [2.24, 2.45) is 0 Å². The fourth-order valence-electron chi connectivity index (χ4n) is 3.06. The van der Waals surface area contributed by atoms with Crippen LogP contribution in [0.25, 0.3) is 0 Å². The largest absolute Gasteiger partial charge is 0.496 e. The number of nitrogens with one attached hydrogen (secondary N) is 1. The van der Waals surface area contributed by atoms with Gasteiger partial charge in [-0.05, 0) is 30.2 Å². The highest BCUT2D eigenvalue weighted by Gasteiger charge is 2.34. The first-order chi connectivity index (χ1) is 13.6. The Kier molecular flexibility index (Phi) is 6.71. The maximum Gasteiger partial charge on any atom is 0.261 e. The summed E-state index contributed by atoms with van der Waals surface area (Å²) in [6.45, 7) is 0.823. The molecule has 3 rings (SSSR count). The molecule has 0 fully saturated rings. The number of nitrogens with zero attached hydrogens (tertiary/aromatic N) is 1. The van der Waals surface area contributed by atoms with Crippen LogP contribution in [-0.4, -0.2) is 54.3 Å². The average molecular weight is 398 g/mol. The van der Waals surface area contributed by atoms with Gasteiger partial charge in [-0.25, -0.2) is 0 Å². The normalized spacial score (nSPS) is 12.8. The second-order valence-corrected chi connectivity index (χ2v) is 7.38. The molecule has 0 aliphatic carbocycles. The molecule has 0 unspecified atom stereocenters. The van der Waals surface area contributed by atoms with Crippen LogP contribution in [-0.2, 0) is 11.2 Å². The molecular weight excluding hydrogens is 376 g/mol. The minimum Gasteiger partial charge on any atom is -0.496 e. The number of methoxy groups -OCH3 is 1. The lowest BCUT2D eigenvalue weighted by Crippen LogP contribution is -2.32. The van der Waals surface area contributed by atoms with E-state index in [2.05, 4.69) is 5.32 Å². The first-order valence-corrected chi connectivity index (χ1v) is 10.2. The molecule has 1 heterocycles. The number of para-hydroxylation sites is 1. The number of ether oxygens (including phenoxy) is 1. The zero-order valence-electron chi connectivity index (χ0n) is 15.6. The van der Waals surface area contributed by atoms with Crippen molar-refractivity contribution in [3.63, 3.8) is 0 Å². The summed E-state index contributed by atoms with van der Waals surface area (Å²) in [6.07, 6.45) is 0.690. The summed E-state index contributed by atoms with van der Waals surface area (Å²) in [7, 11) is 1.63. The Bertz CT molecular complexity index is 849. The Morgan fingerprint density at radius 3 is 2.36 bits per heavy atom. The second kappa shape index (κ2) is 9.41. The van der Waals surface area contributed by atoms with Crippen LogP contribution in [0.3, 0.4) is 0 Å². The lowest BCUT2D eigenvalue weighted by atomic mass is 10.1. The maximum atomic E-state index is 12.3. The smallest absolute Gasteiger partial charge is 0.261 e. The van der Waals surface area contributed by atoms with Gasteiger partial charge >= 0.3 is 0 Å². The molecule has 2 aromatic carbocycles. The number of carbonyl (C=O) groups excluding carboxylic acids is 3. The van der Waals surface area contributed by atoms with Gasteiger partial charge in [0.2, 0.25) is 5.91 Å². The van der Waals surface area contributed by atoms with Crippen LogP contribution in [0.4, 0.5) is 0 Å². The quantitative estimate of drug-likeness (QED) is 0.519. The number of amides is 3. The molecule has 0 saturated heterocycles. The highest BCUT2D eigenvalue weighted by molar-refractivity contribution is 7.99. The summed E-state index contributed by atoms with van der Waals surface area (Å²) < 4.78 is 5.30. The van der Waals surface area contributed by atoms with Gasteiger partial charge in [-0.3, -0.25) is 19.3 Å². The Morgan fingerprint density at radius 2 is 1.68 bits per heavy atom. The van der Waals surface area contributed by atoms with Gasteiger partial charge in [0, 0.05) is 18.8 Å². The Morgan fingerprint density at radius 1 is 1.04 bits per heavy atom. The SMILES string of the molecule is COc1ccccc1CCNC(=O)CSCCN1C(=O)c2ccccc2C1=O. The molecule has 1 aliphatic heterocycles. The van der Waals surface area contributed by atoms with E-state index in [-0.39, 0.29) is 23.5 Å². The Labute approximate surface area is 168 Å². The van der Waals surface area contributed by atoms with E-state index in [0.717, 1.165) is 11.3 Å². The molecule has 3 amide bonds. The lowest BCUT2D eigenvalue weighted by Gasteiger charge is -2.13. The van der Waals surface area contributed by atoms with E-state index in [0.29, 0.717) is 36.4 Å². The summed E-state index contributed by atoms with van der Waals surface area (Å²) in [5.41, 5.74) is 1.95. The number of imide groups is 1. The highest BCUT2D eigenvalue weighted by Crippen LogP contribution is 2.22. The molecule has 0 aromatic heterocycles. The van der Waals surface area contributed by atoms with Gasteiger partial charge in [-0.15, -0.1) is 0 Å². The predicted molar refractivity (Wildman–Crippen MR) is 109 cm³/mol. The van der Waals surface area contributed by atoms with Crippen LogP contribution >= 0.6 is 11.8 Å². The van der Waals surface area contributed by atoms with Crippen LogP contribution in [0.2, 0.25) is 0 Å². The molecule has 6 nitrogen and oxygen atoms in total. The van der Waals surface area contributed by atoms with E-state index in [1.807, 2.05) is 24.3 Å². The minimum absolute atomic E-state index is 0.0674. The third-order valence-corrected chi connectivity index (χ3v) is 5.42. The van der Waals surface area contributed by atoms with Crippen LogP contribution in [0.5, 0.6) is 5.75 Å². The maximum absolute atomic E-state index is 12.3. The fraction of sp³-hybridized carbons (Fsp3) is 0.286. The second-order valence-electron chi connectivity index (χ2n) is 6.27. The van der Waals surface area contributed by atoms with Crippen molar-refractivity contribution in [2.45, 2.75) is 6.42 Å². The van der Waals surface area contributed by atoms with Crippen LogP contribution in [0.15, 0.2) is 48.5 Å². The fourth-order valence-corrected chi connectivity index (χ4v) is 3.80. The van der Waals surface area contributed by atoms with Crippen molar-refractivity contribution in [1.29, 1.82) is 0 Å². The summed E-state index contributed by atoms with van der Waals surface area (Å²) in [4.78, 5) is 37.8. The Hall–Kier alpha value is -2.80. The van der Waals surface area contributed by atoms with Gasteiger partial charge in [-0.1, -0.05) is 30.3 Å². The first kappa shape index (κ1) is 19.9. The van der Waals surface area contributed by atoms with Crippen molar-refractivity contribution < 1.29 is 19.1 Å². The Balaban J connectivity index is 1.36. The molecule has 0 radical (unpaired) electrons. The minimum atomic E-state index is -0.262. The van der Waals surface area contributed by atoms with Gasteiger partial charge in [0.1, 0.15) is 5.75 Å². The predicted octanol–water partition coefficient (Wildman–Crippen LogP) is 2.38. The first-order valence-electron chi connectivity index (χ1n) is 9.03. The molecule has 28 heavy (non-hydrogen) atoms. The number of hydrogen-bond donors (Lipinski definition) is 1. The van der Waals surface area contributed by atoms with Crippen molar-refractivity contribution in [3.05, 3.63) is 65.2 Å². The van der Waals surface area contributed by atoms with Crippen LogP contribution in [0.1, 0.15) is 26.3 Å². The van der Waals surface area contributed by atoms with Crippen molar-refractivity contribution >= 4 is 29.5 Å². The number of benzene rings is 2. The van der Waals surface area contributed by atoms with Gasteiger partial charge in [-0.2, -0.15) is 11.8 Å². The van der Waals surface area contributed by atoms with Crippen molar-refractivity contribution in [2.75, 3.05) is 31.7 Å². The zero-order valence-corrected chi connectivity index (χ0v) is 16.5. The average Bonchev–Trinajstić information content (AvgIpc) is 2.96. The van der Waals surface area contributed by atoms with E-state index >= 15 is 0 Å². The molecule has 0 spiro atoms. The van der Waals surface area contributed by atoms with E-state index in [4.69, 9.17) is 4.74 Å². The van der Waals surface area contributed by atoms with Crippen molar-refractivity contribution in [3.8, 4) is 5.75 Å². The van der Waals surface area contributed by atoms with E-state index in [9.17, 15) is 14.4 Å². The number of rotatable bonds is 9. The van der Waals surface area contributed by atoms with Gasteiger partial charge in [0.25, 0.3) is 11.8 Å². The number of thioether (sulfide) groups is 1. The summed E-state index contributed by atoms with van der Waals surface area (Å²) in [5.74, 6) is 1.03. The number of hydrogen-bond acceptors (Lipinski definition) is 5. The van der Waals surface area contributed by atoms with E-state index in [1.165, 1.54) is 16.7 Å². The molecular formula is C21H22N2O4S. The third kappa shape index (κ3) is 4.54. The van der Waals surface area contributed by atoms with Gasteiger partial charge in [0.05, 0.1) is 24.0 Å². The summed E-state index contributed by atoms with van der Waals surface area (Å²) in [5, 5.41) is 2.88. The third-order valence-electron chi connectivity index (χ3n) is 4.48.